The lowest BCUT2D eigenvalue weighted by atomic mass is 9.92. The van der Waals surface area contributed by atoms with Crippen LogP contribution in [0.1, 0.15) is 67.9 Å². The number of carbonyl (C=O) groups excluding carboxylic acids is 2. The van der Waals surface area contributed by atoms with E-state index in [0.29, 0.717) is 23.8 Å². The molecule has 192 valence electrons. The number of benzene rings is 3. The normalized spacial score (nSPS) is 19.0. The monoisotopic (exact) mass is 535 g/mol. The van der Waals surface area contributed by atoms with Gasteiger partial charge in [-0.1, -0.05) is 11.6 Å². The predicted octanol–water partition coefficient (Wildman–Crippen LogP) is 6.15. The summed E-state index contributed by atoms with van der Waals surface area (Å²) in [6.07, 6.45) is -3.20. The number of halogens is 6. The maximum absolute atomic E-state index is 14.1. The summed E-state index contributed by atoms with van der Waals surface area (Å²) in [6.45, 7) is 0.751. The molecule has 0 bridgehead atoms. The van der Waals surface area contributed by atoms with Crippen LogP contribution in [0.5, 0.6) is 0 Å². The SMILES string of the molecule is O=C(Nc1cc(C2CCCN2)cc2c1C(c1cc(F)ccc1Cl)NC2=O)c1cc(F)cc(C(F)(F)F)c1. The number of fused-ring (bicyclic) bond motifs is 1. The Kier molecular flexibility index (Phi) is 6.41. The summed E-state index contributed by atoms with van der Waals surface area (Å²) in [5.41, 5.74) is -0.338. The Balaban J connectivity index is 1.62. The maximum atomic E-state index is 14.1. The first-order valence-corrected chi connectivity index (χ1v) is 11.8. The molecule has 37 heavy (non-hydrogen) atoms. The summed E-state index contributed by atoms with van der Waals surface area (Å²) in [4.78, 5) is 26.0. The number of hydrogen-bond donors (Lipinski definition) is 3. The molecular formula is C26H19ClF5N3O2. The van der Waals surface area contributed by atoms with E-state index in [4.69, 9.17) is 11.6 Å². The van der Waals surface area contributed by atoms with Gasteiger partial charge in [0, 0.05) is 39.0 Å². The van der Waals surface area contributed by atoms with Gasteiger partial charge in [0.1, 0.15) is 11.6 Å². The third kappa shape index (κ3) is 4.91. The molecular weight excluding hydrogens is 517 g/mol. The summed E-state index contributed by atoms with van der Waals surface area (Å²) in [7, 11) is 0. The number of rotatable bonds is 4. The number of hydrogen-bond acceptors (Lipinski definition) is 3. The highest BCUT2D eigenvalue weighted by molar-refractivity contribution is 6.31. The number of alkyl halides is 3. The van der Waals surface area contributed by atoms with Crippen LogP contribution in [0.3, 0.4) is 0 Å². The average molecular weight is 536 g/mol. The van der Waals surface area contributed by atoms with Crippen LogP contribution in [-0.4, -0.2) is 18.4 Å². The minimum atomic E-state index is -4.86. The van der Waals surface area contributed by atoms with Gasteiger partial charge < -0.3 is 16.0 Å². The molecule has 0 aromatic heterocycles. The zero-order valence-corrected chi connectivity index (χ0v) is 19.7. The molecule has 2 heterocycles. The summed E-state index contributed by atoms with van der Waals surface area (Å²) in [5, 5.41) is 8.75. The largest absolute Gasteiger partial charge is 0.416 e. The summed E-state index contributed by atoms with van der Waals surface area (Å²) < 4.78 is 67.6. The lowest BCUT2D eigenvalue weighted by Gasteiger charge is -2.20. The van der Waals surface area contributed by atoms with Gasteiger partial charge in [0.05, 0.1) is 11.6 Å². The molecule has 3 aromatic rings. The van der Waals surface area contributed by atoms with Crippen molar-refractivity contribution in [1.29, 1.82) is 0 Å². The first-order valence-electron chi connectivity index (χ1n) is 11.4. The van der Waals surface area contributed by atoms with Crippen molar-refractivity contribution >= 4 is 29.1 Å². The van der Waals surface area contributed by atoms with Crippen molar-refractivity contribution in [2.75, 3.05) is 11.9 Å². The highest BCUT2D eigenvalue weighted by Gasteiger charge is 2.36. The van der Waals surface area contributed by atoms with Crippen LogP contribution in [0.15, 0.2) is 48.5 Å². The lowest BCUT2D eigenvalue weighted by Crippen LogP contribution is -2.21. The van der Waals surface area contributed by atoms with Gasteiger partial charge in [-0.15, -0.1) is 0 Å². The van der Waals surface area contributed by atoms with E-state index < -0.39 is 46.8 Å². The molecule has 2 atom stereocenters. The average Bonchev–Trinajstić information content (AvgIpc) is 3.48. The first kappa shape index (κ1) is 25.2. The van der Waals surface area contributed by atoms with Crippen LogP contribution >= 0.6 is 11.6 Å². The topological polar surface area (TPSA) is 70.2 Å². The van der Waals surface area contributed by atoms with Crippen molar-refractivity contribution in [3.05, 3.63) is 98.6 Å². The Morgan fingerprint density at radius 2 is 1.81 bits per heavy atom. The van der Waals surface area contributed by atoms with E-state index in [-0.39, 0.29) is 33.4 Å². The van der Waals surface area contributed by atoms with Gasteiger partial charge in [-0.3, -0.25) is 9.59 Å². The fourth-order valence-corrected chi connectivity index (χ4v) is 5.00. The zero-order chi connectivity index (χ0) is 26.5. The van der Waals surface area contributed by atoms with E-state index >= 15 is 0 Å². The molecule has 0 aliphatic carbocycles. The molecule has 1 fully saturated rings. The van der Waals surface area contributed by atoms with Crippen molar-refractivity contribution in [3.63, 3.8) is 0 Å². The van der Waals surface area contributed by atoms with Crippen LogP contribution in [0.25, 0.3) is 0 Å². The molecule has 5 rings (SSSR count). The van der Waals surface area contributed by atoms with Gasteiger partial charge in [0.25, 0.3) is 11.8 Å². The van der Waals surface area contributed by atoms with Gasteiger partial charge in [0.2, 0.25) is 0 Å². The van der Waals surface area contributed by atoms with E-state index in [0.717, 1.165) is 31.5 Å². The molecule has 2 amide bonds. The number of anilines is 1. The molecule has 0 radical (unpaired) electrons. The Labute approximate surface area is 213 Å². The minimum Gasteiger partial charge on any atom is -0.341 e. The number of nitrogens with one attached hydrogen (secondary N) is 3. The third-order valence-corrected chi connectivity index (χ3v) is 6.82. The van der Waals surface area contributed by atoms with E-state index in [1.165, 1.54) is 6.07 Å². The molecule has 11 heteroatoms. The Morgan fingerprint density at radius 3 is 2.51 bits per heavy atom. The predicted molar refractivity (Wildman–Crippen MR) is 126 cm³/mol. The molecule has 5 nitrogen and oxygen atoms in total. The summed E-state index contributed by atoms with van der Waals surface area (Å²) in [5.74, 6) is -3.32. The van der Waals surface area contributed by atoms with Crippen LogP contribution in [0, 0.1) is 11.6 Å². The fourth-order valence-electron chi connectivity index (χ4n) is 4.78. The smallest absolute Gasteiger partial charge is 0.341 e. The molecule has 2 unspecified atom stereocenters. The summed E-state index contributed by atoms with van der Waals surface area (Å²) >= 11 is 6.29. The van der Waals surface area contributed by atoms with Gasteiger partial charge >= 0.3 is 6.18 Å². The summed E-state index contributed by atoms with van der Waals surface area (Å²) in [6, 6.07) is 7.41. The zero-order valence-electron chi connectivity index (χ0n) is 19.0. The first-order chi connectivity index (χ1) is 17.5. The second kappa shape index (κ2) is 9.42. The third-order valence-electron chi connectivity index (χ3n) is 6.48. The molecule has 1 saturated heterocycles. The molecule has 0 spiro atoms. The Hall–Kier alpha value is -3.50. The van der Waals surface area contributed by atoms with E-state index in [1.807, 2.05) is 0 Å². The van der Waals surface area contributed by atoms with E-state index in [9.17, 15) is 31.5 Å². The Morgan fingerprint density at radius 1 is 1.03 bits per heavy atom. The van der Waals surface area contributed by atoms with Crippen LogP contribution in [0.4, 0.5) is 27.6 Å². The minimum absolute atomic E-state index is 0.114. The fraction of sp³-hybridized carbons (Fsp3) is 0.231. The molecule has 2 aliphatic rings. The highest BCUT2D eigenvalue weighted by atomic mass is 35.5. The number of carbonyl (C=O) groups is 2. The van der Waals surface area contributed by atoms with Crippen LogP contribution in [-0.2, 0) is 6.18 Å². The van der Waals surface area contributed by atoms with Crippen molar-refractivity contribution < 1.29 is 31.5 Å². The van der Waals surface area contributed by atoms with Gasteiger partial charge in [-0.2, -0.15) is 13.2 Å². The van der Waals surface area contributed by atoms with Gasteiger partial charge in [0.15, 0.2) is 0 Å². The second-order valence-corrected chi connectivity index (χ2v) is 9.34. The quantitative estimate of drug-likeness (QED) is 0.351. The van der Waals surface area contributed by atoms with Crippen molar-refractivity contribution in [2.24, 2.45) is 0 Å². The van der Waals surface area contributed by atoms with Crippen molar-refractivity contribution in [2.45, 2.75) is 31.1 Å². The standard InChI is InChI=1S/C26H19ClF5N3O2/c27-19-4-3-15(28)11-17(19)23-22-18(25(37)35-23)8-12(20-2-1-5-33-20)9-21(22)34-24(36)13-6-14(26(30,31)32)10-16(29)7-13/h3-4,6-11,20,23,33H,1-2,5H2,(H,34,36)(H,35,37). The molecule has 0 saturated carbocycles. The maximum Gasteiger partial charge on any atom is 0.416 e. The van der Waals surface area contributed by atoms with E-state index in [2.05, 4.69) is 16.0 Å². The van der Waals surface area contributed by atoms with Crippen molar-refractivity contribution in [1.82, 2.24) is 10.6 Å². The number of amides is 2. The van der Waals surface area contributed by atoms with Crippen LogP contribution in [0.2, 0.25) is 5.02 Å². The molecule has 3 aromatic carbocycles. The Bertz CT molecular complexity index is 1420. The molecule has 3 N–H and O–H groups in total. The van der Waals surface area contributed by atoms with Crippen molar-refractivity contribution in [3.8, 4) is 0 Å². The van der Waals surface area contributed by atoms with Gasteiger partial charge in [-0.05, 0) is 73.5 Å². The second-order valence-electron chi connectivity index (χ2n) is 8.93. The highest BCUT2D eigenvalue weighted by Crippen LogP contribution is 2.42. The van der Waals surface area contributed by atoms with Gasteiger partial charge in [-0.25, -0.2) is 8.78 Å². The molecule has 2 aliphatic heterocycles. The lowest BCUT2D eigenvalue weighted by molar-refractivity contribution is -0.137. The van der Waals surface area contributed by atoms with E-state index in [1.54, 1.807) is 12.1 Å². The van der Waals surface area contributed by atoms with Crippen LogP contribution < -0.4 is 16.0 Å².